The topological polar surface area (TPSA) is 105 Å². The normalized spacial score (nSPS) is 18.3. The SMILES string of the molecule is CCOC(=O)c1ccc(NC(=O)C[C@@H]2C(=O)N(c3cccc(OC)c3)C(=O)N2C2CCCCC2)cc1. The maximum absolute atomic E-state index is 13.5. The van der Waals surface area contributed by atoms with Gasteiger partial charge < -0.3 is 19.7 Å². The standard InChI is InChI=1S/C27H31N3O6/c1-3-36-26(33)18-12-14-19(15-13-18)28-24(31)17-23-25(32)30(21-10-7-11-22(16-21)35-2)27(34)29(23)20-8-5-4-6-9-20/h7,10-16,20,23H,3-6,8-9,17H2,1-2H3,(H,28,31)/t23-/m1/s1. The summed E-state index contributed by atoms with van der Waals surface area (Å²) in [6.07, 6.45) is 4.50. The van der Waals surface area contributed by atoms with Crippen LogP contribution in [0.15, 0.2) is 48.5 Å². The van der Waals surface area contributed by atoms with E-state index in [0.29, 0.717) is 22.7 Å². The lowest BCUT2D eigenvalue weighted by molar-refractivity contribution is -0.125. The van der Waals surface area contributed by atoms with Gasteiger partial charge in [0.05, 0.1) is 31.4 Å². The van der Waals surface area contributed by atoms with Crippen LogP contribution >= 0.6 is 0 Å². The number of benzene rings is 2. The van der Waals surface area contributed by atoms with Gasteiger partial charge in [-0.25, -0.2) is 14.5 Å². The number of hydrogen-bond acceptors (Lipinski definition) is 6. The third kappa shape index (κ3) is 5.35. The van der Waals surface area contributed by atoms with Gasteiger partial charge in [0, 0.05) is 17.8 Å². The number of carbonyl (C=O) groups is 4. The highest BCUT2D eigenvalue weighted by atomic mass is 16.5. The summed E-state index contributed by atoms with van der Waals surface area (Å²) in [5, 5.41) is 2.78. The van der Waals surface area contributed by atoms with Crippen LogP contribution in [-0.4, -0.2) is 54.5 Å². The number of rotatable bonds is 8. The van der Waals surface area contributed by atoms with E-state index < -0.39 is 29.9 Å². The molecule has 1 atom stereocenters. The fraction of sp³-hybridized carbons (Fsp3) is 0.407. The van der Waals surface area contributed by atoms with Crippen molar-refractivity contribution < 1.29 is 28.7 Å². The molecule has 2 fully saturated rings. The summed E-state index contributed by atoms with van der Waals surface area (Å²) in [6, 6.07) is 11.7. The molecular weight excluding hydrogens is 462 g/mol. The van der Waals surface area contributed by atoms with Crippen molar-refractivity contribution in [1.82, 2.24) is 4.90 Å². The minimum atomic E-state index is -0.898. The summed E-state index contributed by atoms with van der Waals surface area (Å²) in [5.41, 5.74) is 1.28. The van der Waals surface area contributed by atoms with Crippen molar-refractivity contribution in [2.45, 2.75) is 57.5 Å². The molecule has 1 heterocycles. The highest BCUT2D eigenvalue weighted by Gasteiger charge is 2.49. The van der Waals surface area contributed by atoms with Crippen LogP contribution in [0.25, 0.3) is 0 Å². The zero-order valence-electron chi connectivity index (χ0n) is 20.6. The van der Waals surface area contributed by atoms with Gasteiger partial charge in [0.2, 0.25) is 5.91 Å². The molecule has 0 radical (unpaired) electrons. The Morgan fingerprint density at radius 2 is 1.75 bits per heavy atom. The molecule has 9 nitrogen and oxygen atoms in total. The predicted octanol–water partition coefficient (Wildman–Crippen LogP) is 4.37. The second kappa shape index (κ2) is 11.2. The maximum Gasteiger partial charge on any atom is 0.338 e. The lowest BCUT2D eigenvalue weighted by Gasteiger charge is -2.33. The summed E-state index contributed by atoms with van der Waals surface area (Å²) in [4.78, 5) is 54.7. The van der Waals surface area contributed by atoms with Crippen molar-refractivity contribution in [3.05, 3.63) is 54.1 Å². The Morgan fingerprint density at radius 3 is 2.42 bits per heavy atom. The second-order valence-corrected chi connectivity index (χ2v) is 8.92. The van der Waals surface area contributed by atoms with Gasteiger partial charge in [0.15, 0.2) is 0 Å². The summed E-state index contributed by atoms with van der Waals surface area (Å²) >= 11 is 0. The number of nitrogens with one attached hydrogen (secondary N) is 1. The van der Waals surface area contributed by atoms with Crippen LogP contribution < -0.4 is 15.0 Å². The molecule has 1 saturated carbocycles. The van der Waals surface area contributed by atoms with Gasteiger partial charge in [-0.05, 0) is 56.2 Å². The van der Waals surface area contributed by atoms with Gasteiger partial charge in [-0.3, -0.25) is 9.59 Å². The molecule has 0 spiro atoms. The lowest BCUT2D eigenvalue weighted by atomic mass is 9.93. The Balaban J connectivity index is 1.53. The van der Waals surface area contributed by atoms with Crippen molar-refractivity contribution in [2.75, 3.05) is 23.9 Å². The number of nitrogens with zero attached hydrogens (tertiary/aromatic N) is 2. The molecule has 2 aliphatic rings. The minimum Gasteiger partial charge on any atom is -0.497 e. The van der Waals surface area contributed by atoms with Gasteiger partial charge >= 0.3 is 12.0 Å². The lowest BCUT2D eigenvalue weighted by Crippen LogP contribution is -2.45. The Bertz CT molecular complexity index is 1130. The fourth-order valence-corrected chi connectivity index (χ4v) is 4.85. The first-order chi connectivity index (χ1) is 17.4. The number of hydrogen-bond donors (Lipinski definition) is 1. The van der Waals surface area contributed by atoms with Gasteiger partial charge in [-0.2, -0.15) is 0 Å². The number of imide groups is 1. The third-order valence-corrected chi connectivity index (χ3v) is 6.59. The van der Waals surface area contributed by atoms with E-state index in [0.717, 1.165) is 37.0 Å². The number of carbonyl (C=O) groups excluding carboxylic acids is 4. The number of methoxy groups -OCH3 is 1. The van der Waals surface area contributed by atoms with E-state index in [4.69, 9.17) is 9.47 Å². The number of ether oxygens (including phenoxy) is 2. The van der Waals surface area contributed by atoms with Crippen LogP contribution in [0.5, 0.6) is 5.75 Å². The molecule has 190 valence electrons. The summed E-state index contributed by atoms with van der Waals surface area (Å²) in [7, 11) is 1.52. The molecular formula is C27H31N3O6. The highest BCUT2D eigenvalue weighted by molar-refractivity contribution is 6.22. The average Bonchev–Trinajstić information content (AvgIpc) is 3.13. The van der Waals surface area contributed by atoms with Crippen LogP contribution in [-0.2, 0) is 14.3 Å². The fourth-order valence-electron chi connectivity index (χ4n) is 4.85. The first-order valence-corrected chi connectivity index (χ1v) is 12.3. The molecule has 9 heteroatoms. The van der Waals surface area contributed by atoms with E-state index in [1.807, 2.05) is 0 Å². The van der Waals surface area contributed by atoms with Crippen LogP contribution in [0.4, 0.5) is 16.2 Å². The summed E-state index contributed by atoms with van der Waals surface area (Å²) in [5.74, 6) is -0.721. The number of urea groups is 1. The molecule has 2 aromatic carbocycles. The van der Waals surface area contributed by atoms with E-state index >= 15 is 0 Å². The van der Waals surface area contributed by atoms with Crippen molar-refractivity contribution in [3.8, 4) is 5.75 Å². The van der Waals surface area contributed by atoms with E-state index in [-0.39, 0.29) is 19.1 Å². The summed E-state index contributed by atoms with van der Waals surface area (Å²) in [6.45, 7) is 2.00. The van der Waals surface area contributed by atoms with Crippen LogP contribution in [0.3, 0.4) is 0 Å². The molecule has 0 bridgehead atoms. The molecule has 1 N–H and O–H groups in total. The van der Waals surface area contributed by atoms with Gasteiger partial charge in [-0.15, -0.1) is 0 Å². The first-order valence-electron chi connectivity index (χ1n) is 12.3. The number of amides is 4. The average molecular weight is 494 g/mol. The van der Waals surface area contributed by atoms with Crippen molar-refractivity contribution in [2.24, 2.45) is 0 Å². The predicted molar refractivity (Wildman–Crippen MR) is 134 cm³/mol. The largest absolute Gasteiger partial charge is 0.497 e. The number of anilines is 2. The van der Waals surface area contributed by atoms with E-state index in [9.17, 15) is 19.2 Å². The quantitative estimate of drug-likeness (QED) is 0.432. The van der Waals surface area contributed by atoms with E-state index in [1.165, 1.54) is 7.11 Å². The first kappa shape index (κ1) is 25.2. The minimum absolute atomic E-state index is 0.0903. The Labute approximate surface area is 210 Å². The van der Waals surface area contributed by atoms with E-state index in [2.05, 4.69) is 5.32 Å². The zero-order valence-corrected chi connectivity index (χ0v) is 20.6. The van der Waals surface area contributed by atoms with Crippen molar-refractivity contribution in [1.29, 1.82) is 0 Å². The molecule has 1 saturated heterocycles. The molecule has 1 aliphatic heterocycles. The van der Waals surface area contributed by atoms with Crippen LogP contribution in [0, 0.1) is 0 Å². The summed E-state index contributed by atoms with van der Waals surface area (Å²) < 4.78 is 10.2. The van der Waals surface area contributed by atoms with Crippen LogP contribution in [0.2, 0.25) is 0 Å². The molecule has 2 aromatic rings. The molecule has 0 aromatic heterocycles. The van der Waals surface area contributed by atoms with Crippen LogP contribution in [0.1, 0.15) is 55.8 Å². The highest BCUT2D eigenvalue weighted by Crippen LogP contribution is 2.34. The van der Waals surface area contributed by atoms with Gasteiger partial charge in [-0.1, -0.05) is 25.3 Å². The smallest absolute Gasteiger partial charge is 0.338 e. The Morgan fingerprint density at radius 1 is 1.03 bits per heavy atom. The molecule has 4 rings (SSSR count). The zero-order chi connectivity index (χ0) is 25.7. The third-order valence-electron chi connectivity index (χ3n) is 6.59. The van der Waals surface area contributed by atoms with Gasteiger partial charge in [0.25, 0.3) is 5.91 Å². The molecule has 4 amide bonds. The van der Waals surface area contributed by atoms with Crippen molar-refractivity contribution >= 4 is 35.2 Å². The molecule has 36 heavy (non-hydrogen) atoms. The molecule has 0 unspecified atom stereocenters. The van der Waals surface area contributed by atoms with Gasteiger partial charge in [0.1, 0.15) is 11.8 Å². The maximum atomic E-state index is 13.5. The Hall–Kier alpha value is -3.88. The van der Waals surface area contributed by atoms with E-state index in [1.54, 1.807) is 60.4 Å². The monoisotopic (exact) mass is 493 g/mol. The molecule has 1 aliphatic carbocycles. The number of esters is 1. The van der Waals surface area contributed by atoms with Crippen molar-refractivity contribution in [3.63, 3.8) is 0 Å². The second-order valence-electron chi connectivity index (χ2n) is 8.92. The Kier molecular flexibility index (Phi) is 7.87.